The van der Waals surface area contributed by atoms with Crippen LogP contribution in [0.15, 0.2) is 0 Å². The highest BCUT2D eigenvalue weighted by molar-refractivity contribution is 5.60. The van der Waals surface area contributed by atoms with Crippen molar-refractivity contribution in [3.63, 3.8) is 0 Å². The molecule has 0 atom stereocenters. The van der Waals surface area contributed by atoms with Gasteiger partial charge in [0.05, 0.1) is 20.1 Å². The van der Waals surface area contributed by atoms with E-state index in [0.29, 0.717) is 10.5 Å². The molecule has 20 heavy (non-hydrogen) atoms. The molecule has 2 fully saturated rings. The Morgan fingerprint density at radius 3 is 2.25 bits per heavy atom. The first-order valence-corrected chi connectivity index (χ1v) is 7.83. The van der Waals surface area contributed by atoms with E-state index in [4.69, 9.17) is 4.74 Å². The quantitative estimate of drug-likeness (QED) is 0.740. The van der Waals surface area contributed by atoms with E-state index in [-0.39, 0.29) is 6.09 Å². The van der Waals surface area contributed by atoms with Gasteiger partial charge in [0.2, 0.25) is 0 Å². The van der Waals surface area contributed by atoms with Crippen molar-refractivity contribution in [2.45, 2.75) is 45.3 Å². The van der Waals surface area contributed by atoms with Crippen molar-refractivity contribution >= 4 is 6.09 Å². The summed E-state index contributed by atoms with van der Waals surface area (Å²) in [6.07, 6.45) is 2.11. The first kappa shape index (κ1) is 15.7. The van der Waals surface area contributed by atoms with E-state index < -0.39 is 5.60 Å². The van der Waals surface area contributed by atoms with Crippen molar-refractivity contribution in [2.75, 3.05) is 46.3 Å². The number of carbonyl (C=O) groups is 1. The number of likely N-dealkylation sites (tertiary alicyclic amines) is 1. The normalized spacial score (nSPS) is 32.9. The van der Waals surface area contributed by atoms with Gasteiger partial charge in [0.1, 0.15) is 5.60 Å². The Kier molecular flexibility index (Phi) is 4.72. The van der Waals surface area contributed by atoms with Gasteiger partial charge in [-0.1, -0.05) is 0 Å². The average molecular weight is 284 g/mol. The fourth-order valence-corrected chi connectivity index (χ4v) is 3.09. The molecule has 2 heterocycles. The Morgan fingerprint density at radius 2 is 1.75 bits per heavy atom. The van der Waals surface area contributed by atoms with Crippen LogP contribution in [0.3, 0.4) is 0 Å². The zero-order valence-corrected chi connectivity index (χ0v) is 13.4. The van der Waals surface area contributed by atoms with Gasteiger partial charge < -0.3 is 10.1 Å². The van der Waals surface area contributed by atoms with Crippen LogP contribution in [0.4, 0.5) is 4.79 Å². The topological polar surface area (TPSA) is 41.6 Å². The zero-order chi connectivity index (χ0) is 14.8. The van der Waals surface area contributed by atoms with E-state index in [1.54, 1.807) is 0 Å². The summed E-state index contributed by atoms with van der Waals surface area (Å²) in [5.41, 5.74) is -0.395. The summed E-state index contributed by atoms with van der Waals surface area (Å²) in [6.45, 7) is 12.1. The van der Waals surface area contributed by atoms with Gasteiger partial charge in [-0.3, -0.25) is 4.90 Å². The van der Waals surface area contributed by atoms with E-state index in [0.717, 1.165) is 52.1 Å². The highest BCUT2D eigenvalue weighted by Crippen LogP contribution is 2.24. The summed E-state index contributed by atoms with van der Waals surface area (Å²) >= 11 is 0. The van der Waals surface area contributed by atoms with Crippen molar-refractivity contribution < 1.29 is 14.0 Å². The van der Waals surface area contributed by atoms with Gasteiger partial charge in [-0.15, -0.1) is 0 Å². The number of carbonyl (C=O) groups excluding carboxylic acids is 1. The van der Waals surface area contributed by atoms with Crippen LogP contribution in [0.5, 0.6) is 0 Å². The second kappa shape index (κ2) is 6.00. The lowest BCUT2D eigenvalue weighted by Crippen LogP contribution is -2.59. The minimum Gasteiger partial charge on any atom is -0.414 e. The highest BCUT2D eigenvalue weighted by atomic mass is 16.6. The molecule has 0 aromatic heterocycles. The van der Waals surface area contributed by atoms with Gasteiger partial charge >= 0.3 is 6.09 Å². The molecule has 0 spiro atoms. The third-order valence-corrected chi connectivity index (χ3v) is 4.41. The molecule has 0 aromatic carbocycles. The summed E-state index contributed by atoms with van der Waals surface area (Å²) < 4.78 is 6.00. The number of nitrogens with one attached hydrogen (secondary N) is 1. The Balaban J connectivity index is 1.87. The Hall–Kier alpha value is -0.650. The molecule has 2 aliphatic rings. The molecular formula is C15H30N3O2+. The van der Waals surface area contributed by atoms with Crippen LogP contribution < -0.4 is 5.32 Å². The number of piperidine rings is 1. The number of hydrogen-bond acceptors (Lipinski definition) is 4. The number of rotatable bonds is 1. The van der Waals surface area contributed by atoms with Crippen LogP contribution >= 0.6 is 0 Å². The second-order valence-corrected chi connectivity index (χ2v) is 7.34. The average Bonchev–Trinajstić information content (AvgIpc) is 2.38. The molecule has 0 aromatic rings. The molecule has 2 rings (SSSR count). The lowest BCUT2D eigenvalue weighted by atomic mass is 10.0. The maximum atomic E-state index is 12.3. The van der Waals surface area contributed by atoms with Crippen LogP contribution in [0.2, 0.25) is 0 Å². The van der Waals surface area contributed by atoms with Gasteiger partial charge in [0.25, 0.3) is 0 Å². The van der Waals surface area contributed by atoms with E-state index in [2.05, 4.69) is 10.2 Å². The van der Waals surface area contributed by atoms with Crippen molar-refractivity contribution in [1.29, 1.82) is 0 Å². The zero-order valence-electron chi connectivity index (χ0n) is 13.4. The number of amides is 1. The molecule has 0 unspecified atom stereocenters. The molecule has 116 valence electrons. The van der Waals surface area contributed by atoms with Crippen molar-refractivity contribution in [1.82, 2.24) is 10.2 Å². The largest absolute Gasteiger partial charge is 0.516 e. The van der Waals surface area contributed by atoms with Crippen molar-refractivity contribution in [2.24, 2.45) is 0 Å². The molecule has 2 saturated heterocycles. The summed E-state index contributed by atoms with van der Waals surface area (Å²) in [6, 6.07) is 0.644. The molecule has 5 nitrogen and oxygen atoms in total. The second-order valence-electron chi connectivity index (χ2n) is 7.34. The molecular weight excluding hydrogens is 254 g/mol. The van der Waals surface area contributed by atoms with Gasteiger partial charge in [-0.2, -0.15) is 4.79 Å². The minimum absolute atomic E-state index is 0.0729. The number of quaternary nitrogens is 1. The van der Waals surface area contributed by atoms with Crippen molar-refractivity contribution in [3.8, 4) is 0 Å². The fourth-order valence-electron chi connectivity index (χ4n) is 3.09. The summed E-state index contributed by atoms with van der Waals surface area (Å²) in [5.74, 6) is 0. The van der Waals surface area contributed by atoms with E-state index >= 15 is 0 Å². The monoisotopic (exact) mass is 284 g/mol. The third-order valence-electron chi connectivity index (χ3n) is 4.41. The van der Waals surface area contributed by atoms with Gasteiger partial charge in [0.15, 0.2) is 0 Å². The first-order chi connectivity index (χ1) is 9.30. The standard InChI is InChI=1S/C15H30N3O2/c1-15(2,3)20-14(19)18(4)11-5-13(6-12-18)17-9-7-16-8-10-17/h13,16H,5-12H2,1-4H3/q+1. The summed E-state index contributed by atoms with van der Waals surface area (Å²) in [5, 5.41) is 3.39. The Bertz CT molecular complexity index is 338. The Morgan fingerprint density at radius 1 is 1.20 bits per heavy atom. The maximum Gasteiger partial charge on any atom is 0.516 e. The van der Waals surface area contributed by atoms with Gasteiger partial charge in [-0.05, 0) is 20.8 Å². The minimum atomic E-state index is -0.395. The third kappa shape index (κ3) is 3.93. The number of hydrogen-bond donors (Lipinski definition) is 1. The van der Waals surface area contributed by atoms with Crippen LogP contribution in [-0.2, 0) is 4.74 Å². The van der Waals surface area contributed by atoms with E-state index in [1.165, 1.54) is 0 Å². The molecule has 1 N–H and O–H groups in total. The molecule has 2 aliphatic heterocycles. The van der Waals surface area contributed by atoms with Crippen molar-refractivity contribution in [3.05, 3.63) is 0 Å². The molecule has 5 heteroatoms. The predicted octanol–water partition coefficient (Wildman–Crippen LogP) is 1.44. The lowest BCUT2D eigenvalue weighted by molar-refractivity contribution is -0.844. The Labute approximate surface area is 122 Å². The molecule has 0 bridgehead atoms. The van der Waals surface area contributed by atoms with Gasteiger partial charge in [0, 0.05) is 45.1 Å². The molecule has 1 amide bonds. The summed E-state index contributed by atoms with van der Waals surface area (Å²) in [7, 11) is 2.02. The van der Waals surface area contributed by atoms with E-state index in [1.807, 2.05) is 27.8 Å². The highest BCUT2D eigenvalue weighted by Gasteiger charge is 2.41. The summed E-state index contributed by atoms with van der Waals surface area (Å²) in [4.78, 5) is 14.9. The smallest absolute Gasteiger partial charge is 0.414 e. The fraction of sp³-hybridized carbons (Fsp3) is 0.933. The number of ether oxygens (including phenoxy) is 1. The van der Waals surface area contributed by atoms with Crippen LogP contribution in [0, 0.1) is 0 Å². The maximum absolute atomic E-state index is 12.3. The first-order valence-electron chi connectivity index (χ1n) is 7.83. The molecule has 0 radical (unpaired) electrons. The van der Waals surface area contributed by atoms with Crippen LogP contribution in [0.25, 0.3) is 0 Å². The van der Waals surface area contributed by atoms with E-state index in [9.17, 15) is 4.79 Å². The van der Waals surface area contributed by atoms with Crippen LogP contribution in [0.1, 0.15) is 33.6 Å². The SMILES string of the molecule is CC(C)(C)OC(=O)[N+]1(C)CCC(N2CCNCC2)CC1. The molecule has 0 aliphatic carbocycles. The predicted molar refractivity (Wildman–Crippen MR) is 79.6 cm³/mol. The van der Waals surface area contributed by atoms with Crippen LogP contribution in [-0.4, -0.2) is 73.4 Å². The lowest BCUT2D eigenvalue weighted by Gasteiger charge is -2.42. The molecule has 0 saturated carbocycles. The van der Waals surface area contributed by atoms with Gasteiger partial charge in [-0.25, -0.2) is 4.48 Å². The number of nitrogens with zero attached hydrogens (tertiary/aromatic N) is 2. The number of piperazine rings is 1.